The molecule has 180 valence electrons. The van der Waals surface area contributed by atoms with Crippen LogP contribution in [-0.2, 0) is 4.74 Å². The lowest BCUT2D eigenvalue weighted by Crippen LogP contribution is -2.49. The molecule has 9 heteroatoms. The number of ether oxygens (including phenoxy) is 2. The molecule has 0 unspecified atom stereocenters. The molecule has 0 aliphatic carbocycles. The average molecular weight is 468 g/mol. The molecule has 2 fully saturated rings. The van der Waals surface area contributed by atoms with Crippen molar-refractivity contribution in [2.75, 3.05) is 50.1 Å². The van der Waals surface area contributed by atoms with E-state index in [4.69, 9.17) is 32.7 Å². The summed E-state index contributed by atoms with van der Waals surface area (Å²) in [5.41, 5.74) is 6.75. The monoisotopic (exact) mass is 467 g/mol. The van der Waals surface area contributed by atoms with E-state index in [-0.39, 0.29) is 12.1 Å². The molecular formula is C23H38ClN5O3. The van der Waals surface area contributed by atoms with Crippen molar-refractivity contribution in [2.24, 2.45) is 5.84 Å². The second-order valence-electron chi connectivity index (χ2n) is 9.70. The van der Waals surface area contributed by atoms with Gasteiger partial charge in [0.15, 0.2) is 0 Å². The van der Waals surface area contributed by atoms with Crippen LogP contribution < -0.4 is 21.3 Å². The van der Waals surface area contributed by atoms with Crippen LogP contribution in [-0.4, -0.2) is 66.9 Å². The van der Waals surface area contributed by atoms with E-state index in [1.165, 1.54) is 12.8 Å². The number of nitrogens with zero attached hydrogens (tertiary/aromatic N) is 3. The number of amides is 1. The van der Waals surface area contributed by atoms with Gasteiger partial charge in [-0.25, -0.2) is 10.6 Å². The lowest BCUT2D eigenvalue weighted by Gasteiger charge is -2.34. The smallest absolute Gasteiger partial charge is 0.410 e. The minimum Gasteiger partial charge on any atom is -0.491 e. The van der Waals surface area contributed by atoms with Gasteiger partial charge in [-0.2, -0.15) is 0 Å². The number of benzene rings is 1. The van der Waals surface area contributed by atoms with E-state index in [0.717, 1.165) is 38.9 Å². The summed E-state index contributed by atoms with van der Waals surface area (Å²) in [5.74, 6) is 7.13. The predicted molar refractivity (Wildman–Crippen MR) is 129 cm³/mol. The third-order valence-electron chi connectivity index (χ3n) is 5.93. The first-order chi connectivity index (χ1) is 15.2. The van der Waals surface area contributed by atoms with Gasteiger partial charge in [0.25, 0.3) is 0 Å². The SMILES string of the molecule is CC(C)(C)OC(=O)N1CCCC[C@@H](N(N)c2c(N)ccc(OCCN3CCCC3)c2Cl)C1. The van der Waals surface area contributed by atoms with Crippen LogP contribution in [0.15, 0.2) is 12.1 Å². The number of hydrogen-bond donors (Lipinski definition) is 2. The molecule has 1 amide bonds. The maximum Gasteiger partial charge on any atom is 0.410 e. The number of nitrogens with two attached hydrogens (primary N) is 2. The minimum atomic E-state index is -0.546. The molecule has 32 heavy (non-hydrogen) atoms. The number of nitrogen functional groups attached to an aromatic ring is 1. The Morgan fingerprint density at radius 3 is 2.56 bits per heavy atom. The number of halogens is 1. The van der Waals surface area contributed by atoms with Crippen LogP contribution in [0.2, 0.25) is 5.02 Å². The van der Waals surface area contributed by atoms with Gasteiger partial charge in [0.05, 0.1) is 17.4 Å². The molecule has 3 rings (SSSR count). The fourth-order valence-corrected chi connectivity index (χ4v) is 4.57. The van der Waals surface area contributed by atoms with E-state index in [0.29, 0.717) is 41.8 Å². The first-order valence-electron chi connectivity index (χ1n) is 11.6. The number of carbonyl (C=O) groups excluding carboxylic acids is 1. The number of rotatable bonds is 6. The highest BCUT2D eigenvalue weighted by Gasteiger charge is 2.30. The average Bonchev–Trinajstić information content (AvgIpc) is 3.10. The summed E-state index contributed by atoms with van der Waals surface area (Å²) in [7, 11) is 0. The standard InChI is InChI=1S/C23H38ClN5O3/c1-23(2,3)32-22(30)28-13-5-4-8-17(16-28)29(26)21-18(25)9-10-19(20(21)24)31-15-14-27-11-6-7-12-27/h9-10,17H,4-8,11-16,25-26H2,1-3H3/t17-/m1/s1. The van der Waals surface area contributed by atoms with Crippen LogP contribution in [0.5, 0.6) is 5.75 Å². The van der Waals surface area contributed by atoms with Gasteiger partial charge in [0.1, 0.15) is 23.0 Å². The lowest BCUT2D eigenvalue weighted by molar-refractivity contribution is 0.0248. The summed E-state index contributed by atoms with van der Waals surface area (Å²) in [5, 5.41) is 2.01. The van der Waals surface area contributed by atoms with E-state index >= 15 is 0 Å². The Bertz CT molecular complexity index is 780. The Kier molecular flexibility index (Phi) is 8.36. The van der Waals surface area contributed by atoms with Gasteiger partial charge < -0.3 is 25.1 Å². The van der Waals surface area contributed by atoms with Crippen molar-refractivity contribution in [3.8, 4) is 5.75 Å². The summed E-state index contributed by atoms with van der Waals surface area (Å²) < 4.78 is 11.5. The molecule has 4 N–H and O–H groups in total. The summed E-state index contributed by atoms with van der Waals surface area (Å²) in [6.45, 7) is 10.4. The first-order valence-corrected chi connectivity index (χ1v) is 12.0. The van der Waals surface area contributed by atoms with Crippen LogP contribution in [0.4, 0.5) is 16.2 Å². The van der Waals surface area contributed by atoms with Gasteiger partial charge in [0.2, 0.25) is 0 Å². The minimum absolute atomic E-state index is 0.135. The molecule has 1 aromatic rings. The molecule has 0 spiro atoms. The fraction of sp³-hybridized carbons (Fsp3) is 0.696. The molecule has 8 nitrogen and oxygen atoms in total. The molecule has 2 saturated heterocycles. The zero-order valence-electron chi connectivity index (χ0n) is 19.6. The number of carbonyl (C=O) groups is 1. The molecule has 1 atom stereocenters. The normalized spacial score (nSPS) is 20.2. The zero-order valence-corrected chi connectivity index (χ0v) is 20.4. The quantitative estimate of drug-likeness (QED) is 0.372. The Balaban J connectivity index is 1.70. The zero-order chi connectivity index (χ0) is 23.3. The van der Waals surface area contributed by atoms with Gasteiger partial charge in [-0.1, -0.05) is 11.6 Å². The molecule has 0 bridgehead atoms. The summed E-state index contributed by atoms with van der Waals surface area (Å²) in [6, 6.07) is 3.43. The van der Waals surface area contributed by atoms with Crippen LogP contribution >= 0.6 is 11.6 Å². The van der Waals surface area contributed by atoms with Gasteiger partial charge in [-0.15, -0.1) is 0 Å². The van der Waals surface area contributed by atoms with Crippen molar-refractivity contribution in [1.82, 2.24) is 9.80 Å². The maximum atomic E-state index is 12.7. The molecular weight excluding hydrogens is 430 g/mol. The van der Waals surface area contributed by atoms with E-state index < -0.39 is 5.60 Å². The fourth-order valence-electron chi connectivity index (χ4n) is 4.25. The summed E-state index contributed by atoms with van der Waals surface area (Å²) in [6.07, 6.45) is 4.84. The van der Waals surface area contributed by atoms with Crippen LogP contribution in [0, 0.1) is 0 Å². The Morgan fingerprint density at radius 2 is 1.88 bits per heavy atom. The van der Waals surface area contributed by atoms with Gasteiger partial charge in [-0.05, 0) is 78.1 Å². The van der Waals surface area contributed by atoms with Crippen LogP contribution in [0.25, 0.3) is 0 Å². The number of anilines is 2. The highest BCUT2D eigenvalue weighted by molar-refractivity contribution is 6.35. The summed E-state index contributed by atoms with van der Waals surface area (Å²) >= 11 is 6.70. The van der Waals surface area contributed by atoms with E-state index in [1.807, 2.05) is 20.8 Å². The van der Waals surface area contributed by atoms with Crippen molar-refractivity contribution in [3.63, 3.8) is 0 Å². The van der Waals surface area contributed by atoms with Crippen LogP contribution in [0.1, 0.15) is 52.9 Å². The first kappa shape index (κ1) is 24.7. The lowest BCUT2D eigenvalue weighted by atomic mass is 10.1. The Hall–Kier alpha value is -1.90. The molecule has 2 aliphatic rings. The molecule has 2 heterocycles. The molecule has 0 aromatic heterocycles. The van der Waals surface area contributed by atoms with Gasteiger partial charge in [-0.3, -0.25) is 4.90 Å². The van der Waals surface area contributed by atoms with Crippen molar-refractivity contribution in [3.05, 3.63) is 17.2 Å². The molecule has 1 aromatic carbocycles. The van der Waals surface area contributed by atoms with E-state index in [2.05, 4.69) is 4.90 Å². The molecule has 0 saturated carbocycles. The van der Waals surface area contributed by atoms with E-state index in [1.54, 1.807) is 22.0 Å². The second-order valence-corrected chi connectivity index (χ2v) is 10.1. The molecule has 0 radical (unpaired) electrons. The number of likely N-dealkylation sites (tertiary alicyclic amines) is 2. The van der Waals surface area contributed by atoms with Crippen molar-refractivity contribution in [2.45, 2.75) is 64.5 Å². The second kappa shape index (κ2) is 10.8. The van der Waals surface area contributed by atoms with Gasteiger partial charge >= 0.3 is 6.09 Å². The van der Waals surface area contributed by atoms with Gasteiger partial charge in [0, 0.05) is 19.6 Å². The third-order valence-corrected chi connectivity index (χ3v) is 6.29. The highest BCUT2D eigenvalue weighted by atomic mass is 35.5. The van der Waals surface area contributed by atoms with Crippen LogP contribution in [0.3, 0.4) is 0 Å². The topological polar surface area (TPSA) is 97.3 Å². The largest absolute Gasteiger partial charge is 0.491 e. The molecule has 2 aliphatic heterocycles. The third kappa shape index (κ3) is 6.56. The predicted octanol–water partition coefficient (Wildman–Crippen LogP) is 3.87. The highest BCUT2D eigenvalue weighted by Crippen LogP contribution is 2.39. The van der Waals surface area contributed by atoms with Crippen molar-refractivity contribution in [1.29, 1.82) is 0 Å². The Labute approximate surface area is 196 Å². The number of hydrogen-bond acceptors (Lipinski definition) is 7. The maximum absolute atomic E-state index is 12.7. The number of hydrazine groups is 1. The Morgan fingerprint density at radius 1 is 1.19 bits per heavy atom. The van der Waals surface area contributed by atoms with Crippen molar-refractivity contribution >= 4 is 29.1 Å². The summed E-state index contributed by atoms with van der Waals surface area (Å²) in [4.78, 5) is 16.8. The van der Waals surface area contributed by atoms with E-state index in [9.17, 15) is 4.79 Å². The van der Waals surface area contributed by atoms with Crippen molar-refractivity contribution < 1.29 is 14.3 Å².